The van der Waals surface area contributed by atoms with Gasteiger partial charge in [-0.05, 0) is 60.2 Å². The summed E-state index contributed by atoms with van der Waals surface area (Å²) < 4.78 is 15.0. The molecule has 0 spiro atoms. The molecule has 1 aromatic heterocycles. The number of carbonyl (C=O) groups is 1. The second-order valence-corrected chi connectivity index (χ2v) is 6.60. The monoisotopic (exact) mass is 404 g/mol. The van der Waals surface area contributed by atoms with E-state index in [0.29, 0.717) is 27.0 Å². The van der Waals surface area contributed by atoms with Crippen molar-refractivity contribution in [2.24, 2.45) is 16.5 Å². The summed E-state index contributed by atoms with van der Waals surface area (Å²) in [5.74, 6) is -1.21. The Kier molecular flexibility index (Phi) is 5.48. The molecule has 3 aromatic rings. The fraction of sp³-hybridized carbons (Fsp3) is 0.0526. The van der Waals surface area contributed by atoms with Gasteiger partial charge < -0.3 is 16.0 Å². The third-order valence-corrected chi connectivity index (χ3v) is 4.44. The van der Waals surface area contributed by atoms with Crippen LogP contribution in [0.4, 0.5) is 4.39 Å². The van der Waals surface area contributed by atoms with Gasteiger partial charge in [-0.25, -0.2) is 4.39 Å². The van der Waals surface area contributed by atoms with E-state index in [9.17, 15) is 9.18 Å². The quantitative estimate of drug-likeness (QED) is 0.507. The number of rotatable bonds is 4. The fourth-order valence-electron chi connectivity index (χ4n) is 2.75. The van der Waals surface area contributed by atoms with Gasteiger partial charge in [-0.2, -0.15) is 4.99 Å². The first-order valence-electron chi connectivity index (χ1n) is 7.88. The maximum absolute atomic E-state index is 13.3. The minimum absolute atomic E-state index is 0.129. The Hall–Kier alpha value is -2.83. The van der Waals surface area contributed by atoms with Crippen molar-refractivity contribution in [3.63, 3.8) is 0 Å². The lowest BCUT2D eigenvalue weighted by atomic mass is 10.1. The molecule has 2 aromatic carbocycles. The van der Waals surface area contributed by atoms with Crippen molar-refractivity contribution in [1.82, 2.24) is 4.57 Å². The fourth-order valence-corrected chi connectivity index (χ4v) is 3.14. The number of benzene rings is 2. The Morgan fingerprint density at radius 2 is 1.67 bits per heavy atom. The van der Waals surface area contributed by atoms with Crippen molar-refractivity contribution >= 4 is 35.1 Å². The summed E-state index contributed by atoms with van der Waals surface area (Å²) in [4.78, 5) is 15.8. The number of aromatic nitrogens is 1. The number of halogens is 3. The first kappa shape index (κ1) is 18.9. The molecule has 0 aliphatic carbocycles. The number of guanidine groups is 1. The highest BCUT2D eigenvalue weighted by Crippen LogP contribution is 2.34. The predicted molar refractivity (Wildman–Crippen MR) is 106 cm³/mol. The van der Waals surface area contributed by atoms with Gasteiger partial charge in [-0.1, -0.05) is 23.2 Å². The molecule has 0 fully saturated rings. The van der Waals surface area contributed by atoms with Crippen LogP contribution in [0.25, 0.3) is 22.5 Å². The van der Waals surface area contributed by atoms with Crippen molar-refractivity contribution in [1.29, 1.82) is 0 Å². The molecule has 3 rings (SSSR count). The summed E-state index contributed by atoms with van der Waals surface area (Å²) in [6, 6.07) is 14.6. The van der Waals surface area contributed by atoms with Crippen LogP contribution in [0.5, 0.6) is 0 Å². The first-order valence-corrected chi connectivity index (χ1v) is 8.64. The minimum Gasteiger partial charge on any atom is -0.370 e. The normalized spacial score (nSPS) is 10.6. The zero-order chi connectivity index (χ0) is 19.6. The molecule has 8 heteroatoms. The molecule has 1 amide bonds. The number of aliphatic imine (C=N–C) groups is 1. The van der Waals surface area contributed by atoms with E-state index in [1.54, 1.807) is 41.0 Å². The molecule has 4 N–H and O–H groups in total. The molecule has 0 saturated carbocycles. The molecule has 1 heterocycles. The molecule has 0 saturated heterocycles. The number of carbonyl (C=O) groups excluding carboxylic acids is 1. The number of amides is 1. The van der Waals surface area contributed by atoms with Gasteiger partial charge >= 0.3 is 0 Å². The molecule has 0 unspecified atom stereocenters. The van der Waals surface area contributed by atoms with E-state index in [1.807, 2.05) is 6.07 Å². The van der Waals surface area contributed by atoms with Crippen LogP contribution in [-0.4, -0.2) is 16.4 Å². The Balaban J connectivity index is 2.16. The van der Waals surface area contributed by atoms with E-state index in [2.05, 4.69) is 4.99 Å². The van der Waals surface area contributed by atoms with Crippen LogP contribution in [0.1, 0.15) is 0 Å². The Bertz CT molecular complexity index is 1020. The summed E-state index contributed by atoms with van der Waals surface area (Å²) in [5, 5.41) is 0.972. The maximum Gasteiger partial charge on any atom is 0.268 e. The molecule has 0 aliphatic rings. The van der Waals surface area contributed by atoms with Gasteiger partial charge in [0.25, 0.3) is 5.91 Å². The second kappa shape index (κ2) is 7.82. The molecule has 5 nitrogen and oxygen atoms in total. The largest absolute Gasteiger partial charge is 0.370 e. The van der Waals surface area contributed by atoms with Gasteiger partial charge in [0, 0.05) is 21.3 Å². The van der Waals surface area contributed by atoms with Gasteiger partial charge in [0.15, 0.2) is 5.96 Å². The van der Waals surface area contributed by atoms with E-state index >= 15 is 0 Å². The zero-order valence-electron chi connectivity index (χ0n) is 14.0. The highest BCUT2D eigenvalue weighted by Gasteiger charge is 2.17. The Morgan fingerprint density at radius 1 is 1.00 bits per heavy atom. The average molecular weight is 405 g/mol. The van der Waals surface area contributed by atoms with Crippen molar-refractivity contribution in [2.75, 3.05) is 0 Å². The van der Waals surface area contributed by atoms with Crippen molar-refractivity contribution in [3.05, 3.63) is 70.5 Å². The molecule has 138 valence electrons. The molecule has 0 aliphatic heterocycles. The van der Waals surface area contributed by atoms with Crippen molar-refractivity contribution < 1.29 is 9.18 Å². The smallest absolute Gasteiger partial charge is 0.268 e. The highest BCUT2D eigenvalue weighted by molar-refractivity contribution is 6.35. The van der Waals surface area contributed by atoms with Crippen LogP contribution in [0.3, 0.4) is 0 Å². The average Bonchev–Trinajstić information content (AvgIpc) is 3.00. The molecular formula is C19H15Cl2FN4O. The van der Waals surface area contributed by atoms with E-state index < -0.39 is 5.91 Å². The lowest BCUT2D eigenvalue weighted by Gasteiger charge is -2.14. The Labute approximate surface area is 165 Å². The number of hydrogen-bond acceptors (Lipinski definition) is 1. The number of hydrogen-bond donors (Lipinski definition) is 2. The SMILES string of the molecule is NC(N)=NC(=O)Cn1c(-c2ccc(F)cc2)ccc1-c1cc(Cl)ccc1Cl. The summed E-state index contributed by atoms with van der Waals surface area (Å²) in [6.07, 6.45) is 0. The number of nitrogens with two attached hydrogens (primary N) is 2. The summed E-state index contributed by atoms with van der Waals surface area (Å²) in [7, 11) is 0. The van der Waals surface area contributed by atoms with Crippen molar-refractivity contribution in [3.8, 4) is 22.5 Å². The van der Waals surface area contributed by atoms with Gasteiger partial charge in [-0.3, -0.25) is 4.79 Å². The van der Waals surface area contributed by atoms with Crippen LogP contribution in [0, 0.1) is 5.82 Å². The van der Waals surface area contributed by atoms with Crippen LogP contribution in [0.15, 0.2) is 59.6 Å². The van der Waals surface area contributed by atoms with E-state index in [4.69, 9.17) is 34.7 Å². The summed E-state index contributed by atoms with van der Waals surface area (Å²) in [5.41, 5.74) is 13.3. The van der Waals surface area contributed by atoms with Crippen LogP contribution < -0.4 is 11.5 Å². The first-order chi connectivity index (χ1) is 12.8. The predicted octanol–water partition coefficient (Wildman–Crippen LogP) is 4.07. The Morgan fingerprint density at radius 3 is 2.33 bits per heavy atom. The second-order valence-electron chi connectivity index (χ2n) is 5.75. The number of nitrogens with zero attached hydrogens (tertiary/aromatic N) is 2. The van der Waals surface area contributed by atoms with E-state index in [0.717, 1.165) is 5.56 Å². The van der Waals surface area contributed by atoms with Gasteiger partial charge in [0.05, 0.1) is 5.69 Å². The van der Waals surface area contributed by atoms with Gasteiger partial charge in [0.1, 0.15) is 12.4 Å². The molecular weight excluding hydrogens is 390 g/mol. The van der Waals surface area contributed by atoms with Crippen LogP contribution >= 0.6 is 23.2 Å². The highest BCUT2D eigenvalue weighted by atomic mass is 35.5. The van der Waals surface area contributed by atoms with Crippen LogP contribution in [0.2, 0.25) is 10.0 Å². The molecule has 27 heavy (non-hydrogen) atoms. The van der Waals surface area contributed by atoms with Crippen molar-refractivity contribution in [2.45, 2.75) is 6.54 Å². The lowest BCUT2D eigenvalue weighted by Crippen LogP contribution is -2.25. The van der Waals surface area contributed by atoms with E-state index in [1.165, 1.54) is 12.1 Å². The summed E-state index contributed by atoms with van der Waals surface area (Å²) in [6.45, 7) is -0.129. The molecule has 0 atom stereocenters. The third kappa shape index (κ3) is 4.30. The van der Waals surface area contributed by atoms with Crippen LogP contribution in [-0.2, 0) is 11.3 Å². The minimum atomic E-state index is -0.533. The van der Waals surface area contributed by atoms with Gasteiger partial charge in [-0.15, -0.1) is 0 Å². The standard InChI is InChI=1S/C19H15Cl2FN4O/c20-12-3-6-15(21)14(9-12)17-8-7-16(11-1-4-13(22)5-2-11)26(17)10-18(27)25-19(23)24/h1-9H,10H2,(H4,23,24,25,27). The van der Waals surface area contributed by atoms with Gasteiger partial charge in [0.2, 0.25) is 0 Å². The molecule has 0 radical (unpaired) electrons. The topological polar surface area (TPSA) is 86.4 Å². The maximum atomic E-state index is 13.3. The lowest BCUT2D eigenvalue weighted by molar-refractivity contribution is -0.118. The van der Waals surface area contributed by atoms with E-state index in [-0.39, 0.29) is 18.3 Å². The third-order valence-electron chi connectivity index (χ3n) is 3.87. The molecule has 0 bridgehead atoms. The zero-order valence-corrected chi connectivity index (χ0v) is 15.5. The summed E-state index contributed by atoms with van der Waals surface area (Å²) >= 11 is 12.4.